The second kappa shape index (κ2) is 6.90. The van der Waals surface area contributed by atoms with Crippen LogP contribution in [0.15, 0.2) is 34.9 Å². The summed E-state index contributed by atoms with van der Waals surface area (Å²) in [4.78, 5) is 4.54. The summed E-state index contributed by atoms with van der Waals surface area (Å²) in [5, 5.41) is 4.84. The maximum Gasteiger partial charge on any atom is 0.0934 e. The van der Waals surface area contributed by atoms with Crippen LogP contribution in [0.4, 0.5) is 5.69 Å². The Labute approximate surface area is 123 Å². The van der Waals surface area contributed by atoms with Gasteiger partial charge in [-0.25, -0.2) is 0 Å². The summed E-state index contributed by atoms with van der Waals surface area (Å²) in [5.74, 6) is 0. The number of rotatable bonds is 6. The lowest BCUT2D eigenvalue weighted by molar-refractivity contribution is 0.587. The zero-order chi connectivity index (χ0) is 13.7. The van der Waals surface area contributed by atoms with Gasteiger partial charge in [-0.15, -0.1) is 0 Å². The molecule has 0 atom stereocenters. The van der Waals surface area contributed by atoms with E-state index in [1.807, 2.05) is 6.20 Å². The third-order valence-corrected chi connectivity index (χ3v) is 3.75. The number of hydrogen-bond acceptors (Lipinski definition) is 2. The van der Waals surface area contributed by atoms with Gasteiger partial charge in [0, 0.05) is 22.1 Å². The van der Waals surface area contributed by atoms with Crippen LogP contribution in [0.2, 0.25) is 0 Å². The van der Waals surface area contributed by atoms with Crippen LogP contribution in [0.3, 0.4) is 0 Å². The molecule has 1 heterocycles. The number of anilines is 1. The molecule has 0 radical (unpaired) electrons. The highest BCUT2D eigenvalue weighted by molar-refractivity contribution is 9.10. The highest BCUT2D eigenvalue weighted by Crippen LogP contribution is 2.25. The van der Waals surface area contributed by atoms with Gasteiger partial charge in [-0.3, -0.25) is 4.98 Å². The molecular weight excluding hydrogens is 300 g/mol. The Kier molecular flexibility index (Phi) is 5.20. The zero-order valence-corrected chi connectivity index (χ0v) is 13.2. The molecule has 0 saturated carbocycles. The van der Waals surface area contributed by atoms with Gasteiger partial charge in [0.25, 0.3) is 0 Å². The maximum absolute atomic E-state index is 4.54. The third kappa shape index (κ3) is 3.69. The number of hydrogen-bond donors (Lipinski definition) is 1. The fourth-order valence-electron chi connectivity index (χ4n) is 2.46. The SMILES string of the molecule is CCCC(CCC)Nc1cccc2cc(Br)cnc12. The summed E-state index contributed by atoms with van der Waals surface area (Å²) in [6.45, 7) is 4.48. The summed E-state index contributed by atoms with van der Waals surface area (Å²) < 4.78 is 1.02. The van der Waals surface area contributed by atoms with E-state index in [1.165, 1.54) is 31.1 Å². The van der Waals surface area contributed by atoms with Crippen molar-refractivity contribution < 1.29 is 0 Å². The van der Waals surface area contributed by atoms with Crippen molar-refractivity contribution in [1.29, 1.82) is 0 Å². The number of nitrogens with zero attached hydrogens (tertiary/aromatic N) is 1. The number of aromatic nitrogens is 1. The molecule has 2 rings (SSSR count). The second-order valence-corrected chi connectivity index (χ2v) is 5.87. The minimum atomic E-state index is 0.547. The Hall–Kier alpha value is -1.09. The molecule has 1 aromatic carbocycles. The summed E-state index contributed by atoms with van der Waals surface area (Å²) in [7, 11) is 0. The number of benzene rings is 1. The molecule has 1 N–H and O–H groups in total. The van der Waals surface area contributed by atoms with Gasteiger partial charge < -0.3 is 5.32 Å². The van der Waals surface area contributed by atoms with Crippen LogP contribution in [-0.4, -0.2) is 11.0 Å². The fourth-order valence-corrected chi connectivity index (χ4v) is 2.80. The molecule has 1 aromatic heterocycles. The molecule has 19 heavy (non-hydrogen) atoms. The molecule has 0 aliphatic heterocycles. The van der Waals surface area contributed by atoms with Gasteiger partial charge in [0.1, 0.15) is 0 Å². The van der Waals surface area contributed by atoms with Gasteiger partial charge in [-0.1, -0.05) is 38.8 Å². The average Bonchev–Trinajstić information content (AvgIpc) is 2.39. The van der Waals surface area contributed by atoms with Crippen LogP contribution in [-0.2, 0) is 0 Å². The first-order valence-electron chi connectivity index (χ1n) is 7.05. The molecule has 2 aromatic rings. The first-order chi connectivity index (χ1) is 9.24. The highest BCUT2D eigenvalue weighted by atomic mass is 79.9. The Morgan fingerprint density at radius 3 is 2.63 bits per heavy atom. The van der Waals surface area contributed by atoms with Crippen LogP contribution in [0, 0.1) is 0 Å². The molecule has 0 bridgehead atoms. The molecule has 0 aliphatic rings. The van der Waals surface area contributed by atoms with E-state index in [1.54, 1.807) is 0 Å². The van der Waals surface area contributed by atoms with E-state index < -0.39 is 0 Å². The zero-order valence-electron chi connectivity index (χ0n) is 11.6. The smallest absolute Gasteiger partial charge is 0.0934 e. The van der Waals surface area contributed by atoms with E-state index in [0.717, 1.165) is 15.7 Å². The van der Waals surface area contributed by atoms with Crippen molar-refractivity contribution in [3.05, 3.63) is 34.9 Å². The van der Waals surface area contributed by atoms with Gasteiger partial charge in [0.15, 0.2) is 0 Å². The number of pyridine rings is 1. The minimum Gasteiger partial charge on any atom is -0.381 e. The number of nitrogens with one attached hydrogen (secondary N) is 1. The lowest BCUT2D eigenvalue weighted by Crippen LogP contribution is -2.19. The molecule has 3 heteroatoms. The van der Waals surface area contributed by atoms with E-state index in [9.17, 15) is 0 Å². The van der Waals surface area contributed by atoms with E-state index in [0.29, 0.717) is 6.04 Å². The predicted octanol–water partition coefficient (Wildman–Crippen LogP) is 5.38. The molecule has 0 amide bonds. The molecule has 0 unspecified atom stereocenters. The third-order valence-electron chi connectivity index (χ3n) is 3.31. The van der Waals surface area contributed by atoms with Crippen molar-refractivity contribution in [1.82, 2.24) is 4.98 Å². The summed E-state index contributed by atoms with van der Waals surface area (Å²) in [6, 6.07) is 8.98. The topological polar surface area (TPSA) is 24.9 Å². The van der Waals surface area contributed by atoms with Crippen LogP contribution in [0.5, 0.6) is 0 Å². The van der Waals surface area contributed by atoms with Crippen molar-refractivity contribution in [2.75, 3.05) is 5.32 Å². The molecule has 2 nitrogen and oxygen atoms in total. The van der Waals surface area contributed by atoms with Crippen LogP contribution >= 0.6 is 15.9 Å². The predicted molar refractivity (Wildman–Crippen MR) is 86.7 cm³/mol. The van der Waals surface area contributed by atoms with E-state index >= 15 is 0 Å². The van der Waals surface area contributed by atoms with Crippen molar-refractivity contribution in [2.24, 2.45) is 0 Å². The van der Waals surface area contributed by atoms with Gasteiger partial charge >= 0.3 is 0 Å². The molecule has 0 spiro atoms. The highest BCUT2D eigenvalue weighted by Gasteiger charge is 2.09. The number of para-hydroxylation sites is 1. The maximum atomic E-state index is 4.54. The largest absolute Gasteiger partial charge is 0.381 e. The number of halogens is 1. The Morgan fingerprint density at radius 1 is 1.21 bits per heavy atom. The van der Waals surface area contributed by atoms with Crippen molar-refractivity contribution in [3.8, 4) is 0 Å². The van der Waals surface area contributed by atoms with Gasteiger partial charge in [0.2, 0.25) is 0 Å². The fraction of sp³-hybridized carbons (Fsp3) is 0.438. The minimum absolute atomic E-state index is 0.547. The van der Waals surface area contributed by atoms with E-state index in [4.69, 9.17) is 0 Å². The Morgan fingerprint density at radius 2 is 1.95 bits per heavy atom. The van der Waals surface area contributed by atoms with Crippen molar-refractivity contribution in [2.45, 2.75) is 45.6 Å². The van der Waals surface area contributed by atoms with Crippen molar-refractivity contribution in [3.63, 3.8) is 0 Å². The molecule has 0 saturated heterocycles. The molecular formula is C16H21BrN2. The average molecular weight is 321 g/mol. The first-order valence-corrected chi connectivity index (χ1v) is 7.84. The second-order valence-electron chi connectivity index (χ2n) is 4.95. The van der Waals surface area contributed by atoms with E-state index in [-0.39, 0.29) is 0 Å². The summed E-state index contributed by atoms with van der Waals surface area (Å²) in [5.41, 5.74) is 2.21. The molecule has 0 aliphatic carbocycles. The normalized spacial score (nSPS) is 11.2. The summed E-state index contributed by atoms with van der Waals surface area (Å²) >= 11 is 3.47. The standard InChI is InChI=1S/C16H21BrN2/c1-3-6-14(7-4-2)19-15-9-5-8-12-10-13(17)11-18-16(12)15/h5,8-11,14,19H,3-4,6-7H2,1-2H3. The van der Waals surface area contributed by atoms with Crippen LogP contribution in [0.1, 0.15) is 39.5 Å². The Bertz CT molecular complexity index is 533. The van der Waals surface area contributed by atoms with E-state index in [2.05, 4.69) is 64.3 Å². The lowest BCUT2D eigenvalue weighted by Gasteiger charge is -2.19. The van der Waals surface area contributed by atoms with Gasteiger partial charge in [-0.2, -0.15) is 0 Å². The quantitative estimate of drug-likeness (QED) is 0.773. The van der Waals surface area contributed by atoms with Crippen molar-refractivity contribution >= 4 is 32.5 Å². The molecule has 0 fully saturated rings. The first kappa shape index (κ1) is 14.3. The summed E-state index contributed by atoms with van der Waals surface area (Å²) in [6.07, 6.45) is 6.70. The Balaban J connectivity index is 2.28. The van der Waals surface area contributed by atoms with Gasteiger partial charge in [-0.05, 0) is 40.9 Å². The monoisotopic (exact) mass is 320 g/mol. The van der Waals surface area contributed by atoms with Gasteiger partial charge in [0.05, 0.1) is 11.2 Å². The van der Waals surface area contributed by atoms with Crippen LogP contribution < -0.4 is 5.32 Å². The van der Waals surface area contributed by atoms with Crippen LogP contribution in [0.25, 0.3) is 10.9 Å². The lowest BCUT2D eigenvalue weighted by atomic mass is 10.1. The number of fused-ring (bicyclic) bond motifs is 1. The molecule has 102 valence electrons.